The minimum Gasteiger partial charge on any atom is -0.497 e. The molecule has 0 radical (unpaired) electrons. The average Bonchev–Trinajstić information content (AvgIpc) is 3.30. The van der Waals surface area contributed by atoms with Gasteiger partial charge < -0.3 is 14.5 Å². The minimum absolute atomic E-state index is 0.0138. The van der Waals surface area contributed by atoms with Crippen molar-refractivity contribution in [1.29, 1.82) is 0 Å². The second kappa shape index (κ2) is 11.5. The number of likely N-dealkylation sites (N-methyl/N-ethyl adjacent to an activating group) is 1. The Hall–Kier alpha value is -3.12. The van der Waals surface area contributed by atoms with Crippen LogP contribution in [-0.4, -0.2) is 42.5 Å². The Kier molecular flexibility index (Phi) is 8.45. The van der Waals surface area contributed by atoms with E-state index in [-0.39, 0.29) is 11.9 Å². The molecule has 0 aliphatic carbocycles. The summed E-state index contributed by atoms with van der Waals surface area (Å²) < 4.78 is 11.2. The number of oxazole rings is 1. The van der Waals surface area contributed by atoms with E-state index in [2.05, 4.69) is 35.1 Å². The van der Waals surface area contributed by atoms with E-state index in [9.17, 15) is 4.79 Å². The van der Waals surface area contributed by atoms with Crippen LogP contribution in [-0.2, 0) is 11.2 Å². The molecule has 0 saturated carbocycles. The van der Waals surface area contributed by atoms with Crippen LogP contribution in [0.3, 0.4) is 0 Å². The molecule has 0 saturated heterocycles. The Bertz CT molecular complexity index is 994. The standard InChI is InChI=1S/C26H33N3O3/c1-5-29(6-2)23(21-8-7-9-22(16-21)31-4)17-27-25(30)14-15-26-28-18-24(32-26)20-12-10-19(3)11-13-20/h7-13,16,18,23H,5-6,14-15,17H2,1-4H3,(H,27,30). The predicted octanol–water partition coefficient (Wildman–Crippen LogP) is 4.79. The molecule has 2 aromatic carbocycles. The van der Waals surface area contributed by atoms with E-state index in [1.54, 1.807) is 13.3 Å². The largest absolute Gasteiger partial charge is 0.497 e. The van der Waals surface area contributed by atoms with E-state index in [1.165, 1.54) is 5.56 Å². The van der Waals surface area contributed by atoms with Gasteiger partial charge in [0.1, 0.15) is 5.75 Å². The van der Waals surface area contributed by atoms with E-state index in [0.717, 1.165) is 35.7 Å². The van der Waals surface area contributed by atoms with Gasteiger partial charge in [0.15, 0.2) is 11.7 Å². The summed E-state index contributed by atoms with van der Waals surface area (Å²) in [7, 11) is 1.67. The molecule has 3 aromatic rings. The van der Waals surface area contributed by atoms with Gasteiger partial charge in [-0.05, 0) is 37.7 Å². The van der Waals surface area contributed by atoms with Gasteiger partial charge >= 0.3 is 0 Å². The van der Waals surface area contributed by atoms with E-state index in [1.807, 2.05) is 49.4 Å². The third kappa shape index (κ3) is 6.20. The van der Waals surface area contributed by atoms with Crippen LogP contribution in [0.25, 0.3) is 11.3 Å². The molecule has 1 atom stereocenters. The molecule has 1 N–H and O–H groups in total. The summed E-state index contributed by atoms with van der Waals surface area (Å²) in [5, 5.41) is 3.09. The number of aromatic nitrogens is 1. The summed E-state index contributed by atoms with van der Waals surface area (Å²) in [6.07, 6.45) is 2.51. The number of hydrogen-bond acceptors (Lipinski definition) is 5. The topological polar surface area (TPSA) is 67.6 Å². The van der Waals surface area contributed by atoms with Crippen LogP contribution in [0.5, 0.6) is 5.75 Å². The van der Waals surface area contributed by atoms with Crippen molar-refractivity contribution in [2.45, 2.75) is 39.7 Å². The lowest BCUT2D eigenvalue weighted by Gasteiger charge is -2.30. The first kappa shape index (κ1) is 23.5. The quantitative estimate of drug-likeness (QED) is 0.469. The van der Waals surface area contributed by atoms with Gasteiger partial charge in [0.25, 0.3) is 0 Å². The number of amides is 1. The fourth-order valence-electron chi connectivity index (χ4n) is 3.77. The molecule has 0 bridgehead atoms. The molecule has 6 nitrogen and oxygen atoms in total. The highest BCUT2D eigenvalue weighted by atomic mass is 16.5. The monoisotopic (exact) mass is 435 g/mol. The SMILES string of the molecule is CCN(CC)C(CNC(=O)CCc1ncc(-c2ccc(C)cc2)o1)c1cccc(OC)c1. The number of nitrogens with zero attached hydrogens (tertiary/aromatic N) is 2. The number of aryl methyl sites for hydroxylation is 2. The minimum atomic E-state index is -0.0138. The van der Waals surface area contributed by atoms with Crippen LogP contribution in [0, 0.1) is 6.92 Å². The van der Waals surface area contributed by atoms with Gasteiger partial charge in [-0.3, -0.25) is 9.69 Å². The van der Waals surface area contributed by atoms with Crippen LogP contribution < -0.4 is 10.1 Å². The van der Waals surface area contributed by atoms with Crippen molar-refractivity contribution in [2.75, 3.05) is 26.7 Å². The van der Waals surface area contributed by atoms with Gasteiger partial charge in [0, 0.05) is 24.9 Å². The summed E-state index contributed by atoms with van der Waals surface area (Å²) in [6.45, 7) is 8.64. The second-order valence-corrected chi connectivity index (χ2v) is 7.80. The van der Waals surface area contributed by atoms with Gasteiger partial charge in [-0.15, -0.1) is 0 Å². The third-order valence-electron chi connectivity index (χ3n) is 5.68. The van der Waals surface area contributed by atoms with E-state index >= 15 is 0 Å². The van der Waals surface area contributed by atoms with Crippen molar-refractivity contribution in [3.63, 3.8) is 0 Å². The van der Waals surface area contributed by atoms with Crippen molar-refractivity contribution in [3.8, 4) is 17.1 Å². The van der Waals surface area contributed by atoms with E-state index < -0.39 is 0 Å². The van der Waals surface area contributed by atoms with Crippen molar-refractivity contribution >= 4 is 5.91 Å². The van der Waals surface area contributed by atoms with Crippen LogP contribution in [0.1, 0.15) is 43.3 Å². The third-order valence-corrected chi connectivity index (χ3v) is 5.68. The zero-order valence-electron chi connectivity index (χ0n) is 19.4. The first-order chi connectivity index (χ1) is 15.5. The van der Waals surface area contributed by atoms with Crippen LogP contribution in [0.15, 0.2) is 59.1 Å². The molecule has 3 rings (SSSR count). The number of carbonyl (C=O) groups is 1. The molecule has 0 aliphatic heterocycles. The number of methoxy groups -OCH3 is 1. The lowest BCUT2D eigenvalue weighted by molar-refractivity contribution is -0.121. The van der Waals surface area contributed by atoms with Gasteiger partial charge in [0.05, 0.1) is 19.3 Å². The maximum absolute atomic E-state index is 12.6. The Morgan fingerprint density at radius 3 is 2.59 bits per heavy atom. The maximum atomic E-state index is 12.6. The zero-order valence-corrected chi connectivity index (χ0v) is 19.4. The Balaban J connectivity index is 1.57. The summed E-state index contributed by atoms with van der Waals surface area (Å²) in [5.74, 6) is 2.10. The van der Waals surface area contributed by atoms with Crippen molar-refractivity contribution in [2.24, 2.45) is 0 Å². The van der Waals surface area contributed by atoms with E-state index in [0.29, 0.717) is 25.3 Å². The fraction of sp³-hybridized carbons (Fsp3) is 0.385. The molecular formula is C26H33N3O3. The Morgan fingerprint density at radius 2 is 1.91 bits per heavy atom. The molecule has 170 valence electrons. The fourth-order valence-corrected chi connectivity index (χ4v) is 3.77. The smallest absolute Gasteiger partial charge is 0.220 e. The number of ether oxygens (including phenoxy) is 1. The van der Waals surface area contributed by atoms with Crippen LogP contribution in [0.4, 0.5) is 0 Å². The summed E-state index contributed by atoms with van der Waals surface area (Å²) in [4.78, 5) is 19.2. The molecule has 6 heteroatoms. The van der Waals surface area contributed by atoms with E-state index in [4.69, 9.17) is 9.15 Å². The van der Waals surface area contributed by atoms with Gasteiger partial charge in [-0.2, -0.15) is 0 Å². The lowest BCUT2D eigenvalue weighted by Crippen LogP contribution is -2.38. The molecule has 1 amide bonds. The first-order valence-electron chi connectivity index (χ1n) is 11.2. The molecule has 0 aliphatic rings. The molecular weight excluding hydrogens is 402 g/mol. The van der Waals surface area contributed by atoms with Crippen LogP contribution >= 0.6 is 0 Å². The van der Waals surface area contributed by atoms with Crippen molar-refractivity contribution < 1.29 is 13.9 Å². The van der Waals surface area contributed by atoms with Crippen molar-refractivity contribution in [1.82, 2.24) is 15.2 Å². The van der Waals surface area contributed by atoms with Crippen LogP contribution in [0.2, 0.25) is 0 Å². The number of nitrogens with one attached hydrogen (secondary N) is 1. The summed E-state index contributed by atoms with van der Waals surface area (Å²) in [5.41, 5.74) is 3.31. The highest BCUT2D eigenvalue weighted by Crippen LogP contribution is 2.24. The van der Waals surface area contributed by atoms with Gasteiger partial charge in [0.2, 0.25) is 5.91 Å². The number of carbonyl (C=O) groups excluding carboxylic acids is 1. The lowest BCUT2D eigenvalue weighted by atomic mass is 10.0. The molecule has 1 aromatic heterocycles. The summed E-state index contributed by atoms with van der Waals surface area (Å²) >= 11 is 0. The zero-order chi connectivity index (χ0) is 22.9. The molecule has 0 fully saturated rings. The number of rotatable bonds is 11. The maximum Gasteiger partial charge on any atom is 0.220 e. The molecule has 1 heterocycles. The molecule has 1 unspecified atom stereocenters. The molecule has 0 spiro atoms. The first-order valence-corrected chi connectivity index (χ1v) is 11.2. The average molecular weight is 436 g/mol. The van der Waals surface area contributed by atoms with Gasteiger partial charge in [-0.1, -0.05) is 55.8 Å². The van der Waals surface area contributed by atoms with Gasteiger partial charge in [-0.25, -0.2) is 4.98 Å². The van der Waals surface area contributed by atoms with Crippen molar-refractivity contribution in [3.05, 3.63) is 71.7 Å². The molecule has 32 heavy (non-hydrogen) atoms. The highest BCUT2D eigenvalue weighted by Gasteiger charge is 2.19. The second-order valence-electron chi connectivity index (χ2n) is 7.80. The predicted molar refractivity (Wildman–Crippen MR) is 127 cm³/mol. The summed E-state index contributed by atoms with van der Waals surface area (Å²) in [6, 6.07) is 16.2. The Labute approximate surface area is 190 Å². The Morgan fingerprint density at radius 1 is 1.16 bits per heavy atom. The highest BCUT2D eigenvalue weighted by molar-refractivity contribution is 5.76. The number of benzene rings is 2. The normalized spacial score (nSPS) is 12.0. The number of hydrogen-bond donors (Lipinski definition) is 1.